The van der Waals surface area contributed by atoms with E-state index in [2.05, 4.69) is 16.0 Å². The van der Waals surface area contributed by atoms with E-state index >= 15 is 0 Å². The van der Waals surface area contributed by atoms with Crippen LogP contribution in [-0.2, 0) is 16.0 Å². The number of hydrogen-bond donors (Lipinski definition) is 4. The molecule has 1 fully saturated rings. The number of carboxylic acid groups (broad SMARTS) is 1. The van der Waals surface area contributed by atoms with Crippen molar-refractivity contribution in [3.63, 3.8) is 0 Å². The number of halogens is 2. The fourth-order valence-corrected chi connectivity index (χ4v) is 7.03. The number of morpholine rings is 1. The second-order valence-electron chi connectivity index (χ2n) is 10.8. The number of anilines is 1. The molecule has 2 amide bonds. The van der Waals surface area contributed by atoms with Crippen molar-refractivity contribution in [2.45, 2.75) is 41.9 Å². The third kappa shape index (κ3) is 9.25. The molecule has 0 bridgehead atoms. The number of carbonyl (C=O) groups excluding carboxylic acids is 1. The minimum absolute atomic E-state index is 0.00392. The molecule has 45 heavy (non-hydrogen) atoms. The molecule has 0 aliphatic carbocycles. The van der Waals surface area contributed by atoms with Gasteiger partial charge < -0.3 is 25.8 Å². The van der Waals surface area contributed by atoms with E-state index in [0.717, 1.165) is 46.8 Å². The van der Waals surface area contributed by atoms with Crippen LogP contribution < -0.4 is 16.0 Å². The largest absolute Gasteiger partial charge is 0.465 e. The molecule has 10 heteroatoms. The van der Waals surface area contributed by atoms with Gasteiger partial charge in [-0.1, -0.05) is 102 Å². The molecular formula is C35H35Cl2N3O4S. The van der Waals surface area contributed by atoms with Crippen molar-refractivity contribution in [2.24, 2.45) is 0 Å². The van der Waals surface area contributed by atoms with E-state index < -0.39 is 24.0 Å². The first-order valence-corrected chi connectivity index (χ1v) is 16.5. The fraction of sp³-hybridized carbons (Fsp3) is 0.257. The first-order chi connectivity index (χ1) is 21.9. The van der Waals surface area contributed by atoms with Crippen LogP contribution in [0.4, 0.5) is 10.5 Å². The highest BCUT2D eigenvalue weighted by molar-refractivity contribution is 7.99. The standard InChI is InChI=1S/C35H35Cl2N3O4S/c36-26-16-18-31(29(37)19-26)45-22-28-21-38-20-27(44-28)17-15-23-9-7-8-14-30(23)39-34(41)33(40-35(42)43)32(24-10-3-1-4-11-24)25-12-5-2-6-13-25/h1-14,16,18-19,27-28,32-33,38,40H,15,17,20-22H2,(H,39,41)(H,42,43)/t27-,28+,33?/m1/s1. The molecule has 1 unspecified atom stereocenters. The van der Waals surface area contributed by atoms with Gasteiger partial charge in [-0.25, -0.2) is 4.79 Å². The number of amides is 2. The van der Waals surface area contributed by atoms with Crippen LogP contribution in [0.1, 0.15) is 29.0 Å². The topological polar surface area (TPSA) is 99.7 Å². The van der Waals surface area contributed by atoms with Gasteiger partial charge in [0.15, 0.2) is 0 Å². The molecule has 0 spiro atoms. The summed E-state index contributed by atoms with van der Waals surface area (Å²) in [4.78, 5) is 26.8. The van der Waals surface area contributed by atoms with Crippen LogP contribution in [0.3, 0.4) is 0 Å². The average Bonchev–Trinajstić information content (AvgIpc) is 3.05. The van der Waals surface area contributed by atoms with E-state index in [1.165, 1.54) is 0 Å². The molecule has 234 valence electrons. The predicted molar refractivity (Wildman–Crippen MR) is 182 cm³/mol. The number of ether oxygens (including phenoxy) is 1. The molecule has 1 heterocycles. The Balaban J connectivity index is 1.26. The lowest BCUT2D eigenvalue weighted by atomic mass is 9.84. The van der Waals surface area contributed by atoms with Crippen LogP contribution in [0.25, 0.3) is 0 Å². The van der Waals surface area contributed by atoms with Crippen LogP contribution in [-0.4, -0.2) is 54.2 Å². The van der Waals surface area contributed by atoms with Gasteiger partial charge in [0.05, 0.1) is 17.2 Å². The van der Waals surface area contributed by atoms with E-state index in [9.17, 15) is 14.7 Å². The van der Waals surface area contributed by atoms with Crippen molar-refractivity contribution in [3.05, 3.63) is 130 Å². The minimum atomic E-state index is -1.27. The summed E-state index contributed by atoms with van der Waals surface area (Å²) in [6.45, 7) is 1.49. The molecule has 5 rings (SSSR count). The zero-order valence-electron chi connectivity index (χ0n) is 24.5. The van der Waals surface area contributed by atoms with Crippen molar-refractivity contribution >= 4 is 52.7 Å². The summed E-state index contributed by atoms with van der Waals surface area (Å²) in [6, 6.07) is 31.0. The number of aryl methyl sites for hydroxylation is 1. The average molecular weight is 665 g/mol. The monoisotopic (exact) mass is 663 g/mol. The van der Waals surface area contributed by atoms with Gasteiger partial charge in [-0.2, -0.15) is 0 Å². The molecule has 1 aliphatic rings. The first kappa shape index (κ1) is 32.9. The van der Waals surface area contributed by atoms with Crippen molar-refractivity contribution in [1.82, 2.24) is 10.6 Å². The van der Waals surface area contributed by atoms with Crippen molar-refractivity contribution in [1.29, 1.82) is 0 Å². The van der Waals surface area contributed by atoms with Gasteiger partial charge in [-0.05, 0) is 53.8 Å². The van der Waals surface area contributed by atoms with E-state index in [0.29, 0.717) is 22.2 Å². The van der Waals surface area contributed by atoms with Crippen LogP contribution in [0, 0.1) is 0 Å². The number of para-hydroxylation sites is 1. The third-order valence-electron chi connectivity index (χ3n) is 7.67. The summed E-state index contributed by atoms with van der Waals surface area (Å²) in [5.41, 5.74) is 3.26. The summed E-state index contributed by atoms with van der Waals surface area (Å²) < 4.78 is 6.41. The molecule has 0 aromatic heterocycles. The molecule has 0 radical (unpaired) electrons. The molecule has 4 N–H and O–H groups in total. The van der Waals surface area contributed by atoms with Crippen molar-refractivity contribution in [3.8, 4) is 0 Å². The number of rotatable bonds is 12. The second kappa shape index (κ2) is 16.2. The molecule has 4 aromatic rings. The number of thioether (sulfide) groups is 1. The van der Waals surface area contributed by atoms with Gasteiger partial charge in [0.2, 0.25) is 5.91 Å². The van der Waals surface area contributed by atoms with E-state index in [1.54, 1.807) is 17.8 Å². The van der Waals surface area contributed by atoms with Gasteiger partial charge in [-0.15, -0.1) is 11.8 Å². The summed E-state index contributed by atoms with van der Waals surface area (Å²) >= 11 is 14.0. The van der Waals surface area contributed by atoms with E-state index in [4.69, 9.17) is 27.9 Å². The maximum Gasteiger partial charge on any atom is 0.405 e. The molecule has 1 saturated heterocycles. The number of carbonyl (C=O) groups is 2. The lowest BCUT2D eigenvalue weighted by Gasteiger charge is -2.31. The van der Waals surface area contributed by atoms with Gasteiger partial charge in [0, 0.05) is 40.4 Å². The van der Waals surface area contributed by atoms with Gasteiger partial charge in [-0.3, -0.25) is 4.79 Å². The third-order valence-corrected chi connectivity index (χ3v) is 9.54. The highest BCUT2D eigenvalue weighted by atomic mass is 35.5. The van der Waals surface area contributed by atoms with Gasteiger partial charge >= 0.3 is 6.09 Å². The Morgan fingerprint density at radius 1 is 0.889 bits per heavy atom. The summed E-state index contributed by atoms with van der Waals surface area (Å²) in [6.07, 6.45) is 0.162. The molecule has 4 aromatic carbocycles. The zero-order chi connectivity index (χ0) is 31.6. The Kier molecular flexibility index (Phi) is 11.8. The van der Waals surface area contributed by atoms with Gasteiger partial charge in [0.1, 0.15) is 6.04 Å². The number of nitrogens with one attached hydrogen (secondary N) is 3. The van der Waals surface area contributed by atoms with E-state index in [-0.39, 0.29) is 12.2 Å². The van der Waals surface area contributed by atoms with Crippen LogP contribution >= 0.6 is 35.0 Å². The van der Waals surface area contributed by atoms with E-state index in [1.807, 2.05) is 97.1 Å². The molecule has 3 atom stereocenters. The Bertz CT molecular complexity index is 1540. The fourth-order valence-electron chi connectivity index (χ4n) is 5.54. The second-order valence-corrected chi connectivity index (χ2v) is 12.7. The van der Waals surface area contributed by atoms with Crippen LogP contribution in [0.2, 0.25) is 10.0 Å². The summed E-state index contributed by atoms with van der Waals surface area (Å²) in [5.74, 6) is -0.217. The lowest BCUT2D eigenvalue weighted by molar-refractivity contribution is -0.118. The predicted octanol–water partition coefficient (Wildman–Crippen LogP) is 7.48. The van der Waals surface area contributed by atoms with Crippen molar-refractivity contribution < 1.29 is 19.4 Å². The van der Waals surface area contributed by atoms with Gasteiger partial charge in [0.25, 0.3) is 0 Å². The Labute approximate surface area is 277 Å². The molecule has 0 saturated carbocycles. The quantitative estimate of drug-likeness (QED) is 0.117. The van der Waals surface area contributed by atoms with Crippen molar-refractivity contribution in [2.75, 3.05) is 24.2 Å². The smallest absolute Gasteiger partial charge is 0.405 e. The highest BCUT2D eigenvalue weighted by Crippen LogP contribution is 2.32. The number of hydrogen-bond acceptors (Lipinski definition) is 5. The normalized spacial score (nSPS) is 17.0. The molecule has 1 aliphatic heterocycles. The minimum Gasteiger partial charge on any atom is -0.465 e. The summed E-state index contributed by atoms with van der Waals surface area (Å²) in [5, 5.41) is 20.0. The highest BCUT2D eigenvalue weighted by Gasteiger charge is 2.33. The maximum atomic E-state index is 13.9. The Morgan fingerprint density at radius 3 is 2.20 bits per heavy atom. The SMILES string of the molecule is O=C(O)NC(C(=O)Nc1ccccc1CC[C@@H]1CNC[C@@H](CSc2ccc(Cl)cc2Cl)O1)C(c1ccccc1)c1ccccc1. The Morgan fingerprint density at radius 2 is 1.53 bits per heavy atom. The Hall–Kier alpha value is -3.53. The van der Waals surface area contributed by atoms with Crippen LogP contribution in [0.5, 0.6) is 0 Å². The molecule has 7 nitrogen and oxygen atoms in total. The maximum absolute atomic E-state index is 13.9. The first-order valence-electron chi connectivity index (χ1n) is 14.8. The molecular weight excluding hydrogens is 629 g/mol. The van der Waals surface area contributed by atoms with Crippen LogP contribution in [0.15, 0.2) is 108 Å². The zero-order valence-corrected chi connectivity index (χ0v) is 26.8. The summed E-state index contributed by atoms with van der Waals surface area (Å²) in [7, 11) is 0. The number of benzene rings is 4. The lowest BCUT2D eigenvalue weighted by Crippen LogP contribution is -2.47.